The molecule has 2 aliphatic rings. The molecule has 0 aliphatic carbocycles. The molecule has 140 valence electrons. The SMILES string of the molecule is Fc1cc(CN2CCC(Cc3nnc(C4CCOCC4)o3)C2)ccc1Cl. The van der Waals surface area contributed by atoms with Crippen molar-refractivity contribution in [3.05, 3.63) is 46.4 Å². The van der Waals surface area contributed by atoms with Crippen molar-refractivity contribution < 1.29 is 13.5 Å². The van der Waals surface area contributed by atoms with Crippen LogP contribution in [0.1, 0.15) is 42.5 Å². The molecule has 0 spiro atoms. The summed E-state index contributed by atoms with van der Waals surface area (Å²) in [7, 11) is 0. The van der Waals surface area contributed by atoms with E-state index in [4.69, 9.17) is 20.8 Å². The number of aromatic nitrogens is 2. The quantitative estimate of drug-likeness (QED) is 0.790. The van der Waals surface area contributed by atoms with E-state index in [1.165, 1.54) is 6.07 Å². The summed E-state index contributed by atoms with van der Waals surface area (Å²) in [5, 5.41) is 8.66. The highest BCUT2D eigenvalue weighted by Gasteiger charge is 2.26. The lowest BCUT2D eigenvalue weighted by atomic mass is 10.0. The molecule has 5 nitrogen and oxygen atoms in total. The van der Waals surface area contributed by atoms with Gasteiger partial charge in [0, 0.05) is 38.6 Å². The maximum Gasteiger partial charge on any atom is 0.219 e. The Bertz CT molecular complexity index is 748. The molecular formula is C19H23ClFN3O2. The zero-order valence-electron chi connectivity index (χ0n) is 14.7. The zero-order chi connectivity index (χ0) is 17.9. The normalized spacial score (nSPS) is 22.2. The summed E-state index contributed by atoms with van der Waals surface area (Å²) in [5.41, 5.74) is 0.951. The summed E-state index contributed by atoms with van der Waals surface area (Å²) in [5.74, 6) is 1.97. The van der Waals surface area contributed by atoms with Crippen LogP contribution in [-0.2, 0) is 17.7 Å². The topological polar surface area (TPSA) is 51.4 Å². The fourth-order valence-electron chi connectivity index (χ4n) is 3.82. The Morgan fingerprint density at radius 1 is 1.19 bits per heavy atom. The molecule has 1 aromatic heterocycles. The van der Waals surface area contributed by atoms with Gasteiger partial charge in [0.2, 0.25) is 11.8 Å². The summed E-state index contributed by atoms with van der Waals surface area (Å²) >= 11 is 5.75. The van der Waals surface area contributed by atoms with Crippen LogP contribution in [0.4, 0.5) is 4.39 Å². The molecule has 2 aromatic rings. The average Bonchev–Trinajstić information content (AvgIpc) is 3.29. The Balaban J connectivity index is 1.30. The van der Waals surface area contributed by atoms with E-state index < -0.39 is 0 Å². The van der Waals surface area contributed by atoms with E-state index in [0.29, 0.717) is 11.8 Å². The summed E-state index contributed by atoms with van der Waals surface area (Å²) in [6.07, 6.45) is 3.81. The Hall–Kier alpha value is -1.50. The van der Waals surface area contributed by atoms with Gasteiger partial charge in [0.15, 0.2) is 0 Å². The van der Waals surface area contributed by atoms with Gasteiger partial charge in [-0.15, -0.1) is 10.2 Å². The fourth-order valence-corrected chi connectivity index (χ4v) is 3.94. The van der Waals surface area contributed by atoms with Crippen LogP contribution in [0.2, 0.25) is 5.02 Å². The van der Waals surface area contributed by atoms with Crippen molar-refractivity contribution >= 4 is 11.6 Å². The molecule has 26 heavy (non-hydrogen) atoms. The van der Waals surface area contributed by atoms with Crippen molar-refractivity contribution in [1.82, 2.24) is 15.1 Å². The van der Waals surface area contributed by atoms with E-state index in [2.05, 4.69) is 15.1 Å². The first kappa shape index (κ1) is 17.9. The van der Waals surface area contributed by atoms with E-state index in [-0.39, 0.29) is 10.8 Å². The number of halogens is 2. The first-order chi connectivity index (χ1) is 12.7. The lowest BCUT2D eigenvalue weighted by Gasteiger charge is -2.18. The van der Waals surface area contributed by atoms with Crippen molar-refractivity contribution in [3.8, 4) is 0 Å². The van der Waals surface area contributed by atoms with E-state index in [1.54, 1.807) is 6.07 Å². The third kappa shape index (κ3) is 4.24. The summed E-state index contributed by atoms with van der Waals surface area (Å²) in [6, 6.07) is 5.03. The molecule has 0 N–H and O–H groups in total. The summed E-state index contributed by atoms with van der Waals surface area (Å²) in [4.78, 5) is 2.34. The first-order valence-electron chi connectivity index (χ1n) is 9.23. The number of ether oxygens (including phenoxy) is 1. The van der Waals surface area contributed by atoms with Gasteiger partial charge < -0.3 is 9.15 Å². The molecule has 0 amide bonds. The van der Waals surface area contributed by atoms with Crippen LogP contribution in [0.5, 0.6) is 0 Å². The molecule has 0 saturated carbocycles. The van der Waals surface area contributed by atoms with Gasteiger partial charge in [-0.3, -0.25) is 4.90 Å². The molecule has 7 heteroatoms. The molecule has 1 unspecified atom stereocenters. The predicted octanol–water partition coefficient (Wildman–Crippen LogP) is 3.82. The minimum absolute atomic E-state index is 0.171. The Labute approximate surface area is 157 Å². The number of hydrogen-bond donors (Lipinski definition) is 0. The van der Waals surface area contributed by atoms with Crippen LogP contribution in [-0.4, -0.2) is 41.4 Å². The molecule has 0 bridgehead atoms. The van der Waals surface area contributed by atoms with Crippen LogP contribution in [0.3, 0.4) is 0 Å². The summed E-state index contributed by atoms with van der Waals surface area (Å²) < 4.78 is 24.9. The second kappa shape index (κ2) is 8.03. The van der Waals surface area contributed by atoms with E-state index in [1.807, 2.05) is 6.07 Å². The number of benzene rings is 1. The molecular weight excluding hydrogens is 357 g/mol. The van der Waals surface area contributed by atoms with E-state index in [9.17, 15) is 4.39 Å². The number of likely N-dealkylation sites (tertiary alicyclic amines) is 1. The van der Waals surface area contributed by atoms with Crippen LogP contribution in [0, 0.1) is 11.7 Å². The monoisotopic (exact) mass is 379 g/mol. The standard InChI is InChI=1S/C19H23ClFN3O2/c20-16-2-1-13(9-17(16)21)11-24-6-3-14(12-24)10-18-22-23-19(26-18)15-4-7-25-8-5-15/h1-2,9,14-15H,3-8,10-12H2. The Morgan fingerprint density at radius 2 is 2.04 bits per heavy atom. The van der Waals surface area contributed by atoms with Gasteiger partial charge >= 0.3 is 0 Å². The average molecular weight is 380 g/mol. The Kier molecular flexibility index (Phi) is 5.52. The van der Waals surface area contributed by atoms with E-state index >= 15 is 0 Å². The van der Waals surface area contributed by atoms with Crippen LogP contribution < -0.4 is 0 Å². The number of nitrogens with zero attached hydrogens (tertiary/aromatic N) is 3. The van der Waals surface area contributed by atoms with Gasteiger partial charge in [0.25, 0.3) is 0 Å². The van der Waals surface area contributed by atoms with Gasteiger partial charge in [-0.05, 0) is 49.4 Å². The van der Waals surface area contributed by atoms with Gasteiger partial charge in [-0.2, -0.15) is 0 Å². The highest BCUT2D eigenvalue weighted by Crippen LogP contribution is 2.28. The molecule has 0 radical (unpaired) electrons. The van der Waals surface area contributed by atoms with E-state index in [0.717, 1.165) is 75.9 Å². The maximum atomic E-state index is 13.6. The Morgan fingerprint density at radius 3 is 2.85 bits per heavy atom. The van der Waals surface area contributed by atoms with Crippen LogP contribution in [0.25, 0.3) is 0 Å². The van der Waals surface area contributed by atoms with Gasteiger partial charge in [-0.1, -0.05) is 17.7 Å². The van der Waals surface area contributed by atoms with Crippen molar-refractivity contribution in [1.29, 1.82) is 0 Å². The molecule has 2 fully saturated rings. The minimum Gasteiger partial charge on any atom is -0.425 e. The van der Waals surface area contributed by atoms with Gasteiger partial charge in [0.05, 0.1) is 5.02 Å². The molecule has 2 aliphatic heterocycles. The van der Waals surface area contributed by atoms with Crippen molar-refractivity contribution in [2.75, 3.05) is 26.3 Å². The van der Waals surface area contributed by atoms with Crippen molar-refractivity contribution in [2.45, 2.75) is 38.1 Å². The van der Waals surface area contributed by atoms with Gasteiger partial charge in [0.1, 0.15) is 5.82 Å². The number of rotatable bonds is 5. The maximum absolute atomic E-state index is 13.6. The lowest BCUT2D eigenvalue weighted by molar-refractivity contribution is 0.0791. The highest BCUT2D eigenvalue weighted by molar-refractivity contribution is 6.30. The van der Waals surface area contributed by atoms with Gasteiger partial charge in [-0.25, -0.2) is 4.39 Å². The zero-order valence-corrected chi connectivity index (χ0v) is 15.4. The lowest BCUT2D eigenvalue weighted by Crippen LogP contribution is -2.20. The summed E-state index contributed by atoms with van der Waals surface area (Å²) in [6.45, 7) is 4.23. The molecule has 1 aromatic carbocycles. The molecule has 1 atom stereocenters. The fraction of sp³-hybridized carbons (Fsp3) is 0.579. The number of hydrogen-bond acceptors (Lipinski definition) is 5. The molecule has 2 saturated heterocycles. The highest BCUT2D eigenvalue weighted by atomic mass is 35.5. The van der Waals surface area contributed by atoms with Crippen molar-refractivity contribution in [3.63, 3.8) is 0 Å². The van der Waals surface area contributed by atoms with Crippen LogP contribution in [0.15, 0.2) is 22.6 Å². The molecule has 3 heterocycles. The third-order valence-electron chi connectivity index (χ3n) is 5.28. The first-order valence-corrected chi connectivity index (χ1v) is 9.61. The molecule has 4 rings (SSSR count). The minimum atomic E-state index is -0.355. The largest absolute Gasteiger partial charge is 0.425 e. The second-order valence-corrected chi connectivity index (χ2v) is 7.67. The van der Waals surface area contributed by atoms with Crippen molar-refractivity contribution in [2.24, 2.45) is 5.92 Å². The predicted molar refractivity (Wildman–Crippen MR) is 95.6 cm³/mol. The third-order valence-corrected chi connectivity index (χ3v) is 5.58. The smallest absolute Gasteiger partial charge is 0.219 e. The second-order valence-electron chi connectivity index (χ2n) is 7.26. The van der Waals surface area contributed by atoms with Crippen LogP contribution >= 0.6 is 11.6 Å².